The van der Waals surface area contributed by atoms with Gasteiger partial charge in [0.15, 0.2) is 0 Å². The number of amides is 1. The molecule has 1 N–H and O–H groups in total. The van der Waals surface area contributed by atoms with Crippen molar-refractivity contribution in [2.75, 3.05) is 6.61 Å². The van der Waals surface area contributed by atoms with E-state index in [2.05, 4.69) is 5.32 Å². The van der Waals surface area contributed by atoms with Gasteiger partial charge >= 0.3 is 0 Å². The van der Waals surface area contributed by atoms with Crippen molar-refractivity contribution in [1.82, 2.24) is 5.32 Å². The van der Waals surface area contributed by atoms with Crippen LogP contribution >= 0.6 is 10.7 Å². The maximum absolute atomic E-state index is 11.9. The lowest BCUT2D eigenvalue weighted by Crippen LogP contribution is -2.33. The normalized spacial score (nSPS) is 19.1. The van der Waals surface area contributed by atoms with Gasteiger partial charge in [-0.2, -0.15) is 0 Å². The van der Waals surface area contributed by atoms with Crippen molar-refractivity contribution in [3.8, 4) is 5.75 Å². The van der Waals surface area contributed by atoms with E-state index < -0.39 is 9.05 Å². The Bertz CT molecular complexity index is 629. The zero-order valence-corrected chi connectivity index (χ0v) is 12.8. The molecule has 0 aromatic heterocycles. The SMILES string of the molecule is CCC(C)C(=O)NC1COc2ccc(S(=O)(=O)Cl)cc21. The van der Waals surface area contributed by atoms with Gasteiger partial charge in [0.2, 0.25) is 5.91 Å². The molecule has 0 spiro atoms. The summed E-state index contributed by atoms with van der Waals surface area (Å²) >= 11 is 0. The molecule has 0 radical (unpaired) electrons. The van der Waals surface area contributed by atoms with Crippen molar-refractivity contribution < 1.29 is 17.9 Å². The third-order valence-corrected chi connectivity index (χ3v) is 4.77. The largest absolute Gasteiger partial charge is 0.491 e. The summed E-state index contributed by atoms with van der Waals surface area (Å²) in [7, 11) is 1.54. The molecule has 20 heavy (non-hydrogen) atoms. The lowest BCUT2D eigenvalue weighted by molar-refractivity contribution is -0.125. The van der Waals surface area contributed by atoms with Gasteiger partial charge < -0.3 is 10.1 Å². The summed E-state index contributed by atoms with van der Waals surface area (Å²) in [5, 5.41) is 2.86. The molecular weight excluding hydrogens is 302 g/mol. The van der Waals surface area contributed by atoms with Gasteiger partial charge in [-0.15, -0.1) is 0 Å². The van der Waals surface area contributed by atoms with E-state index in [1.54, 1.807) is 6.07 Å². The van der Waals surface area contributed by atoms with E-state index >= 15 is 0 Å². The number of fused-ring (bicyclic) bond motifs is 1. The summed E-state index contributed by atoms with van der Waals surface area (Å²) in [4.78, 5) is 11.9. The lowest BCUT2D eigenvalue weighted by atomic mass is 10.1. The van der Waals surface area contributed by atoms with E-state index in [1.165, 1.54) is 12.1 Å². The van der Waals surface area contributed by atoms with Gasteiger partial charge in [0.25, 0.3) is 9.05 Å². The minimum Gasteiger partial charge on any atom is -0.491 e. The molecule has 1 amide bonds. The molecule has 1 aliphatic heterocycles. The van der Waals surface area contributed by atoms with Crippen LogP contribution in [0.1, 0.15) is 31.9 Å². The van der Waals surface area contributed by atoms with Crippen LogP contribution in [0.4, 0.5) is 0 Å². The van der Waals surface area contributed by atoms with Crippen LogP contribution in [0.15, 0.2) is 23.1 Å². The molecule has 2 atom stereocenters. The second kappa shape index (κ2) is 5.61. The predicted octanol–water partition coefficient (Wildman–Crippen LogP) is 2.21. The molecule has 7 heteroatoms. The smallest absolute Gasteiger partial charge is 0.261 e. The predicted molar refractivity (Wildman–Crippen MR) is 75.3 cm³/mol. The summed E-state index contributed by atoms with van der Waals surface area (Å²) in [5.74, 6) is 0.399. The number of halogens is 1. The first-order valence-corrected chi connectivity index (χ1v) is 8.65. The second-order valence-corrected chi connectivity index (χ2v) is 7.38. The first kappa shape index (κ1) is 15.1. The minimum absolute atomic E-state index is 0.00575. The van der Waals surface area contributed by atoms with E-state index in [4.69, 9.17) is 15.4 Å². The highest BCUT2D eigenvalue weighted by molar-refractivity contribution is 8.13. The minimum atomic E-state index is -3.79. The highest BCUT2D eigenvalue weighted by atomic mass is 35.7. The van der Waals surface area contributed by atoms with Gasteiger partial charge in [0, 0.05) is 22.2 Å². The van der Waals surface area contributed by atoms with Gasteiger partial charge in [0.05, 0.1) is 10.9 Å². The molecule has 0 aliphatic carbocycles. The standard InChI is InChI=1S/C13H16ClNO4S/c1-3-8(2)13(16)15-11-7-19-12-5-4-9(6-10(11)12)20(14,17)18/h4-6,8,11H,3,7H2,1-2H3,(H,15,16). The van der Waals surface area contributed by atoms with Gasteiger partial charge in [-0.05, 0) is 24.6 Å². The summed E-state index contributed by atoms with van der Waals surface area (Å²) in [6, 6.07) is 4.05. The van der Waals surface area contributed by atoms with Crippen LogP contribution in [0.5, 0.6) is 5.75 Å². The molecule has 0 bridgehead atoms. The molecule has 0 fully saturated rings. The number of hydrogen-bond donors (Lipinski definition) is 1. The van der Waals surface area contributed by atoms with Crippen LogP contribution in [0.2, 0.25) is 0 Å². The fourth-order valence-electron chi connectivity index (χ4n) is 1.96. The van der Waals surface area contributed by atoms with E-state index in [0.29, 0.717) is 17.9 Å². The van der Waals surface area contributed by atoms with E-state index in [-0.39, 0.29) is 22.8 Å². The van der Waals surface area contributed by atoms with Crippen molar-refractivity contribution in [3.05, 3.63) is 23.8 Å². The van der Waals surface area contributed by atoms with Crippen molar-refractivity contribution in [2.45, 2.75) is 31.2 Å². The van der Waals surface area contributed by atoms with Crippen LogP contribution in [0.3, 0.4) is 0 Å². The quantitative estimate of drug-likeness (QED) is 0.864. The first-order chi connectivity index (χ1) is 9.32. The Labute approximate surface area is 122 Å². The fraction of sp³-hybridized carbons (Fsp3) is 0.462. The number of carbonyl (C=O) groups is 1. The molecule has 1 heterocycles. The van der Waals surface area contributed by atoms with Crippen LogP contribution in [0.25, 0.3) is 0 Å². The van der Waals surface area contributed by atoms with Crippen molar-refractivity contribution in [1.29, 1.82) is 0 Å². The Balaban J connectivity index is 2.25. The topological polar surface area (TPSA) is 72.5 Å². The molecule has 2 rings (SSSR count). The van der Waals surface area contributed by atoms with Gasteiger partial charge in [-0.25, -0.2) is 8.42 Å². The molecule has 1 aliphatic rings. The van der Waals surface area contributed by atoms with Gasteiger partial charge in [-0.3, -0.25) is 4.79 Å². The Hall–Kier alpha value is -1.27. The Morgan fingerprint density at radius 1 is 1.55 bits per heavy atom. The number of nitrogens with one attached hydrogen (secondary N) is 1. The third kappa shape index (κ3) is 3.07. The molecule has 0 saturated carbocycles. The molecular formula is C13H16ClNO4S. The third-order valence-electron chi connectivity index (χ3n) is 3.42. The molecule has 1 aromatic carbocycles. The number of carbonyl (C=O) groups excluding carboxylic acids is 1. The molecule has 110 valence electrons. The molecule has 0 saturated heterocycles. The number of rotatable bonds is 4. The summed E-state index contributed by atoms with van der Waals surface area (Å²) in [5.41, 5.74) is 0.642. The van der Waals surface area contributed by atoms with E-state index in [1.807, 2.05) is 13.8 Å². The molecule has 2 unspecified atom stereocenters. The highest BCUT2D eigenvalue weighted by Crippen LogP contribution is 2.34. The Morgan fingerprint density at radius 3 is 2.85 bits per heavy atom. The van der Waals surface area contributed by atoms with E-state index in [0.717, 1.165) is 6.42 Å². The average Bonchev–Trinajstić information content (AvgIpc) is 2.79. The van der Waals surface area contributed by atoms with Crippen molar-refractivity contribution in [2.24, 2.45) is 5.92 Å². The maximum Gasteiger partial charge on any atom is 0.261 e. The Kier molecular flexibility index (Phi) is 4.25. The average molecular weight is 318 g/mol. The highest BCUT2D eigenvalue weighted by Gasteiger charge is 2.28. The van der Waals surface area contributed by atoms with Crippen molar-refractivity contribution >= 4 is 25.6 Å². The fourth-order valence-corrected chi connectivity index (χ4v) is 2.75. The first-order valence-electron chi connectivity index (χ1n) is 6.34. The van der Waals surface area contributed by atoms with Crippen molar-refractivity contribution in [3.63, 3.8) is 0 Å². The van der Waals surface area contributed by atoms with Crippen LogP contribution in [0, 0.1) is 5.92 Å². The van der Waals surface area contributed by atoms with E-state index in [9.17, 15) is 13.2 Å². The monoisotopic (exact) mass is 317 g/mol. The number of ether oxygens (including phenoxy) is 1. The zero-order valence-electron chi connectivity index (χ0n) is 11.2. The van der Waals surface area contributed by atoms with Crippen LogP contribution < -0.4 is 10.1 Å². The Morgan fingerprint density at radius 2 is 2.25 bits per heavy atom. The molecule has 5 nitrogen and oxygen atoms in total. The zero-order chi connectivity index (χ0) is 14.9. The van der Waals surface area contributed by atoms with Gasteiger partial charge in [0.1, 0.15) is 12.4 Å². The lowest BCUT2D eigenvalue weighted by Gasteiger charge is -2.15. The molecule has 1 aromatic rings. The van der Waals surface area contributed by atoms with Crippen LogP contribution in [-0.4, -0.2) is 20.9 Å². The number of benzene rings is 1. The number of hydrogen-bond acceptors (Lipinski definition) is 4. The maximum atomic E-state index is 11.9. The summed E-state index contributed by atoms with van der Waals surface area (Å²) in [6.07, 6.45) is 0.738. The van der Waals surface area contributed by atoms with Gasteiger partial charge in [-0.1, -0.05) is 13.8 Å². The summed E-state index contributed by atoms with van der Waals surface area (Å²) in [6.45, 7) is 4.07. The summed E-state index contributed by atoms with van der Waals surface area (Å²) < 4.78 is 28.1. The van der Waals surface area contributed by atoms with Crippen LogP contribution in [-0.2, 0) is 13.8 Å². The second-order valence-electron chi connectivity index (χ2n) is 4.82.